The average Bonchev–Trinajstić information content (AvgIpc) is 2.35. The van der Waals surface area contributed by atoms with Crippen LogP contribution in [0.3, 0.4) is 0 Å². The van der Waals surface area contributed by atoms with Crippen LogP contribution in [0.2, 0.25) is 0 Å². The predicted molar refractivity (Wildman–Crippen MR) is 65.1 cm³/mol. The first-order chi connectivity index (χ1) is 8.40. The maximum absolute atomic E-state index is 11.1. The number of carbonyl (C=O) groups is 2. The molecular weight excluding hydrogens is 236 g/mol. The van der Waals surface area contributed by atoms with E-state index in [9.17, 15) is 9.59 Å². The van der Waals surface area contributed by atoms with E-state index >= 15 is 0 Å². The molecule has 0 saturated heterocycles. The van der Waals surface area contributed by atoms with Crippen molar-refractivity contribution in [2.45, 2.75) is 25.7 Å². The molecule has 18 heavy (non-hydrogen) atoms. The first kappa shape index (κ1) is 14.0. The molecule has 2 unspecified atom stereocenters. The van der Waals surface area contributed by atoms with Crippen LogP contribution in [0.15, 0.2) is 18.2 Å². The van der Waals surface area contributed by atoms with Crippen LogP contribution in [-0.2, 0) is 9.59 Å². The van der Waals surface area contributed by atoms with Crippen LogP contribution < -0.4 is 4.74 Å². The Bertz CT molecular complexity index is 466. The Labute approximate surface area is 105 Å². The molecule has 5 nitrogen and oxygen atoms in total. The molecule has 0 aliphatic carbocycles. The Morgan fingerprint density at radius 3 is 2.11 bits per heavy atom. The summed E-state index contributed by atoms with van der Waals surface area (Å²) in [6.07, 6.45) is 0. The van der Waals surface area contributed by atoms with Crippen LogP contribution in [-0.4, -0.2) is 29.3 Å². The number of hydrogen-bond acceptors (Lipinski definition) is 3. The Balaban J connectivity index is 3.42. The van der Waals surface area contributed by atoms with Gasteiger partial charge in [0.05, 0.1) is 18.9 Å². The number of rotatable bonds is 5. The van der Waals surface area contributed by atoms with E-state index in [1.807, 2.05) is 0 Å². The molecule has 0 aliphatic heterocycles. The van der Waals surface area contributed by atoms with Gasteiger partial charge < -0.3 is 14.9 Å². The molecule has 0 saturated carbocycles. The van der Waals surface area contributed by atoms with Gasteiger partial charge in [-0.3, -0.25) is 9.59 Å². The van der Waals surface area contributed by atoms with Gasteiger partial charge in [0.2, 0.25) is 0 Å². The summed E-state index contributed by atoms with van der Waals surface area (Å²) in [6, 6.07) is 4.91. The third-order valence-electron chi connectivity index (χ3n) is 2.96. The first-order valence-corrected chi connectivity index (χ1v) is 5.52. The van der Waals surface area contributed by atoms with E-state index in [0.29, 0.717) is 16.9 Å². The average molecular weight is 252 g/mol. The maximum atomic E-state index is 11.1. The number of ether oxygens (including phenoxy) is 1. The van der Waals surface area contributed by atoms with Crippen LogP contribution in [0, 0.1) is 0 Å². The second-order valence-corrected chi connectivity index (χ2v) is 4.08. The van der Waals surface area contributed by atoms with Crippen molar-refractivity contribution in [1.82, 2.24) is 0 Å². The highest BCUT2D eigenvalue weighted by Crippen LogP contribution is 2.34. The van der Waals surface area contributed by atoms with Crippen LogP contribution in [0.25, 0.3) is 0 Å². The molecule has 0 aromatic heterocycles. The number of aliphatic carboxylic acids is 2. The monoisotopic (exact) mass is 252 g/mol. The molecule has 98 valence electrons. The molecule has 0 amide bonds. The number of carboxylic acids is 2. The lowest BCUT2D eigenvalue weighted by molar-refractivity contribution is -0.140. The highest BCUT2D eigenvalue weighted by Gasteiger charge is 2.26. The van der Waals surface area contributed by atoms with Crippen molar-refractivity contribution in [2.24, 2.45) is 0 Å². The molecule has 5 heteroatoms. The Kier molecular flexibility index (Phi) is 4.31. The van der Waals surface area contributed by atoms with Crippen LogP contribution >= 0.6 is 0 Å². The zero-order valence-electron chi connectivity index (χ0n) is 10.5. The van der Waals surface area contributed by atoms with E-state index in [2.05, 4.69) is 0 Å². The van der Waals surface area contributed by atoms with E-state index < -0.39 is 23.8 Å². The van der Waals surface area contributed by atoms with Gasteiger partial charge in [-0.1, -0.05) is 12.1 Å². The van der Waals surface area contributed by atoms with Gasteiger partial charge in [0.25, 0.3) is 0 Å². The number of benzene rings is 1. The van der Waals surface area contributed by atoms with E-state index in [1.54, 1.807) is 18.2 Å². The van der Waals surface area contributed by atoms with E-state index in [1.165, 1.54) is 21.0 Å². The SMILES string of the molecule is COc1cccc(C(C)C(=O)O)c1C(C)C(=O)O. The first-order valence-electron chi connectivity index (χ1n) is 5.52. The summed E-state index contributed by atoms with van der Waals surface area (Å²) in [5.74, 6) is -3.22. The largest absolute Gasteiger partial charge is 0.496 e. The Morgan fingerprint density at radius 2 is 1.67 bits per heavy atom. The molecule has 0 spiro atoms. The minimum atomic E-state index is -1.02. The van der Waals surface area contributed by atoms with Crippen molar-refractivity contribution in [1.29, 1.82) is 0 Å². The zero-order chi connectivity index (χ0) is 13.9. The van der Waals surface area contributed by atoms with Gasteiger partial charge in [-0.05, 0) is 25.5 Å². The second-order valence-electron chi connectivity index (χ2n) is 4.08. The summed E-state index contributed by atoms with van der Waals surface area (Å²) >= 11 is 0. The summed E-state index contributed by atoms with van der Waals surface area (Å²) < 4.78 is 5.13. The molecule has 1 aromatic rings. The lowest BCUT2D eigenvalue weighted by atomic mass is 9.88. The summed E-state index contributed by atoms with van der Waals surface area (Å²) in [5.41, 5.74) is 0.888. The molecule has 2 atom stereocenters. The van der Waals surface area contributed by atoms with Gasteiger partial charge in [0.15, 0.2) is 0 Å². The van der Waals surface area contributed by atoms with Gasteiger partial charge >= 0.3 is 11.9 Å². The van der Waals surface area contributed by atoms with Crippen molar-refractivity contribution in [3.63, 3.8) is 0 Å². The molecule has 1 aromatic carbocycles. The summed E-state index contributed by atoms with van der Waals surface area (Å²) in [7, 11) is 1.43. The van der Waals surface area contributed by atoms with Crippen molar-refractivity contribution >= 4 is 11.9 Å². The summed E-state index contributed by atoms with van der Waals surface area (Å²) in [6.45, 7) is 3.04. The van der Waals surface area contributed by atoms with E-state index in [4.69, 9.17) is 14.9 Å². The third-order valence-corrected chi connectivity index (χ3v) is 2.96. The fourth-order valence-electron chi connectivity index (χ4n) is 1.84. The molecule has 0 radical (unpaired) electrons. The van der Waals surface area contributed by atoms with Gasteiger partial charge in [0.1, 0.15) is 5.75 Å². The van der Waals surface area contributed by atoms with Gasteiger partial charge in [-0.2, -0.15) is 0 Å². The molecule has 0 fully saturated rings. The van der Waals surface area contributed by atoms with Crippen molar-refractivity contribution in [3.8, 4) is 5.75 Å². The smallest absolute Gasteiger partial charge is 0.310 e. The van der Waals surface area contributed by atoms with Crippen LogP contribution in [0.4, 0.5) is 0 Å². The van der Waals surface area contributed by atoms with E-state index in [-0.39, 0.29) is 0 Å². The molecular formula is C13H16O5. The minimum absolute atomic E-state index is 0.399. The highest BCUT2D eigenvalue weighted by molar-refractivity contribution is 5.81. The standard InChI is InChI=1S/C13H16O5/c1-7(12(14)15)9-5-4-6-10(18-3)11(9)8(2)13(16)17/h4-8H,1-3H3,(H,14,15)(H,16,17). The van der Waals surface area contributed by atoms with E-state index in [0.717, 1.165) is 0 Å². The second kappa shape index (κ2) is 5.53. The van der Waals surface area contributed by atoms with Crippen LogP contribution in [0.5, 0.6) is 5.75 Å². The lowest BCUT2D eigenvalue weighted by Gasteiger charge is -2.19. The molecule has 1 rings (SSSR count). The topological polar surface area (TPSA) is 83.8 Å². The predicted octanol–water partition coefficient (Wildman–Crippen LogP) is 2.07. The summed E-state index contributed by atoms with van der Waals surface area (Å²) in [5, 5.41) is 18.2. The third kappa shape index (κ3) is 2.61. The fourth-order valence-corrected chi connectivity index (χ4v) is 1.84. The maximum Gasteiger partial charge on any atom is 0.310 e. The quantitative estimate of drug-likeness (QED) is 0.838. The normalized spacial score (nSPS) is 13.7. The Morgan fingerprint density at radius 1 is 1.11 bits per heavy atom. The van der Waals surface area contributed by atoms with Crippen molar-refractivity contribution in [2.75, 3.05) is 7.11 Å². The summed E-state index contributed by atoms with van der Waals surface area (Å²) in [4.78, 5) is 22.2. The van der Waals surface area contributed by atoms with Gasteiger partial charge in [0, 0.05) is 5.56 Å². The molecule has 2 N–H and O–H groups in total. The molecule has 0 aliphatic rings. The van der Waals surface area contributed by atoms with Crippen LogP contribution in [0.1, 0.15) is 36.8 Å². The lowest BCUT2D eigenvalue weighted by Crippen LogP contribution is -2.16. The zero-order valence-corrected chi connectivity index (χ0v) is 10.5. The van der Waals surface area contributed by atoms with Crippen molar-refractivity contribution in [3.05, 3.63) is 29.3 Å². The Hall–Kier alpha value is -2.04. The molecule has 0 heterocycles. The van der Waals surface area contributed by atoms with Gasteiger partial charge in [-0.15, -0.1) is 0 Å². The number of carboxylic acid groups (broad SMARTS) is 2. The number of methoxy groups -OCH3 is 1. The molecule has 0 bridgehead atoms. The minimum Gasteiger partial charge on any atom is -0.496 e. The fraction of sp³-hybridized carbons (Fsp3) is 0.385. The highest BCUT2D eigenvalue weighted by atomic mass is 16.5. The van der Waals surface area contributed by atoms with Crippen molar-refractivity contribution < 1.29 is 24.5 Å². The number of hydrogen-bond donors (Lipinski definition) is 2. The van der Waals surface area contributed by atoms with Gasteiger partial charge in [-0.25, -0.2) is 0 Å².